The molecule has 0 saturated carbocycles. The van der Waals surface area contributed by atoms with Crippen LogP contribution in [0.2, 0.25) is 0 Å². The molecule has 2 aromatic heterocycles. The van der Waals surface area contributed by atoms with Crippen molar-refractivity contribution < 1.29 is 22.3 Å². The van der Waals surface area contributed by atoms with Gasteiger partial charge in [-0.2, -0.15) is 4.52 Å². The molecule has 172 valence electrons. The van der Waals surface area contributed by atoms with Crippen molar-refractivity contribution in [3.63, 3.8) is 0 Å². The molecule has 0 unspecified atom stereocenters. The van der Waals surface area contributed by atoms with Crippen molar-refractivity contribution >= 4 is 15.7 Å². The summed E-state index contributed by atoms with van der Waals surface area (Å²) in [6, 6.07) is 12.4. The molecule has 9 nitrogen and oxygen atoms in total. The molecule has 11 heteroatoms. The summed E-state index contributed by atoms with van der Waals surface area (Å²) in [6.45, 7) is 3.78. The van der Waals surface area contributed by atoms with Gasteiger partial charge >= 0.3 is 0 Å². The van der Waals surface area contributed by atoms with Crippen LogP contribution >= 0.6 is 0 Å². The number of ether oxygens (including phenoxy) is 2. The van der Waals surface area contributed by atoms with Crippen LogP contribution in [0.5, 0.6) is 11.6 Å². The van der Waals surface area contributed by atoms with Gasteiger partial charge in [0.15, 0.2) is 11.5 Å². The predicted molar refractivity (Wildman–Crippen MR) is 119 cm³/mol. The molecule has 2 aromatic carbocycles. The van der Waals surface area contributed by atoms with E-state index in [1.54, 1.807) is 36.4 Å². The summed E-state index contributed by atoms with van der Waals surface area (Å²) < 4.78 is 53.5. The van der Waals surface area contributed by atoms with Crippen molar-refractivity contribution in [1.29, 1.82) is 0 Å². The number of benzene rings is 2. The van der Waals surface area contributed by atoms with Crippen molar-refractivity contribution in [2.75, 3.05) is 20.3 Å². The lowest BCUT2D eigenvalue weighted by atomic mass is 10.1. The van der Waals surface area contributed by atoms with Crippen molar-refractivity contribution in [2.24, 2.45) is 0 Å². The number of hydrogen-bond acceptors (Lipinski definition) is 7. The van der Waals surface area contributed by atoms with E-state index in [-0.39, 0.29) is 35.5 Å². The fourth-order valence-corrected chi connectivity index (χ4v) is 4.42. The minimum Gasteiger partial charge on any atom is -0.495 e. The van der Waals surface area contributed by atoms with Crippen molar-refractivity contribution in [1.82, 2.24) is 24.5 Å². The van der Waals surface area contributed by atoms with Gasteiger partial charge in [0, 0.05) is 18.2 Å². The molecule has 0 bridgehead atoms. The highest BCUT2D eigenvalue weighted by molar-refractivity contribution is 7.89. The first-order chi connectivity index (χ1) is 15.8. The van der Waals surface area contributed by atoms with Gasteiger partial charge in [0.2, 0.25) is 15.9 Å². The molecule has 2 heterocycles. The van der Waals surface area contributed by atoms with Crippen LogP contribution in [-0.2, 0) is 10.0 Å². The molecular weight excluding hydrogens is 449 g/mol. The number of nitrogens with one attached hydrogen (secondary N) is 1. The van der Waals surface area contributed by atoms with E-state index in [1.807, 2.05) is 13.8 Å². The van der Waals surface area contributed by atoms with Gasteiger partial charge < -0.3 is 9.47 Å². The number of rotatable bonds is 8. The molecule has 4 aromatic rings. The van der Waals surface area contributed by atoms with Crippen molar-refractivity contribution in [3.8, 4) is 23.0 Å². The summed E-state index contributed by atoms with van der Waals surface area (Å²) in [6.07, 6.45) is 0. The molecule has 0 saturated heterocycles. The fourth-order valence-electron chi connectivity index (χ4n) is 3.17. The smallest absolute Gasteiger partial charge is 0.244 e. The molecule has 33 heavy (non-hydrogen) atoms. The average Bonchev–Trinajstić information content (AvgIpc) is 3.22. The van der Waals surface area contributed by atoms with Gasteiger partial charge in [-0.25, -0.2) is 17.5 Å². The lowest BCUT2D eigenvalue weighted by Crippen LogP contribution is -2.29. The Morgan fingerprint density at radius 2 is 1.76 bits per heavy atom. The van der Waals surface area contributed by atoms with Crippen LogP contribution in [0.4, 0.5) is 4.39 Å². The number of methoxy groups -OCH3 is 1. The summed E-state index contributed by atoms with van der Waals surface area (Å²) in [5.74, 6) is 0.608. The van der Waals surface area contributed by atoms with Gasteiger partial charge in [-0.15, -0.1) is 15.3 Å². The van der Waals surface area contributed by atoms with E-state index in [4.69, 9.17) is 9.47 Å². The van der Waals surface area contributed by atoms with E-state index >= 15 is 0 Å². The fraction of sp³-hybridized carbons (Fsp3) is 0.227. The van der Waals surface area contributed by atoms with E-state index in [2.05, 4.69) is 20.0 Å². The average molecular weight is 472 g/mol. The quantitative estimate of drug-likeness (QED) is 0.394. The van der Waals surface area contributed by atoms with Gasteiger partial charge in [0.05, 0.1) is 7.11 Å². The van der Waals surface area contributed by atoms with Gasteiger partial charge in [-0.3, -0.25) is 0 Å². The van der Waals surface area contributed by atoms with E-state index in [0.717, 1.165) is 11.1 Å². The number of sulfonamides is 1. The zero-order chi connectivity index (χ0) is 23.6. The summed E-state index contributed by atoms with van der Waals surface area (Å²) >= 11 is 0. The Bertz CT molecular complexity index is 1400. The highest BCUT2D eigenvalue weighted by Gasteiger charge is 2.20. The Labute approximate surface area is 190 Å². The first-order valence-corrected chi connectivity index (χ1v) is 11.5. The topological polar surface area (TPSA) is 108 Å². The third-order valence-corrected chi connectivity index (χ3v) is 6.54. The van der Waals surface area contributed by atoms with E-state index < -0.39 is 10.0 Å². The zero-order valence-corrected chi connectivity index (χ0v) is 19.1. The third kappa shape index (κ3) is 4.78. The molecule has 0 fully saturated rings. The van der Waals surface area contributed by atoms with Crippen LogP contribution in [0, 0.1) is 19.7 Å². The summed E-state index contributed by atoms with van der Waals surface area (Å²) in [7, 11) is -2.37. The molecule has 0 aliphatic carbocycles. The first kappa shape index (κ1) is 22.6. The number of hydrogen-bond donors (Lipinski definition) is 1. The predicted octanol–water partition coefficient (Wildman–Crippen LogP) is 2.91. The van der Waals surface area contributed by atoms with Crippen LogP contribution in [0.3, 0.4) is 0 Å². The second kappa shape index (κ2) is 9.12. The maximum atomic E-state index is 13.2. The second-order valence-electron chi connectivity index (χ2n) is 7.31. The standard InChI is InChI=1S/C22H22FN5O4S/c1-14-12-18(31-3)19(13-15(14)2)33(29,30)24-10-11-32-21-9-8-20-25-26-22(28(20)27-21)16-4-6-17(23)7-5-16/h4-9,12-13,24H,10-11H2,1-3H3. The molecule has 4 rings (SSSR count). The van der Waals surface area contributed by atoms with E-state index in [0.29, 0.717) is 17.0 Å². The minimum atomic E-state index is -3.80. The maximum Gasteiger partial charge on any atom is 0.244 e. The molecule has 0 aliphatic rings. The molecule has 0 radical (unpaired) electrons. The monoisotopic (exact) mass is 471 g/mol. The van der Waals surface area contributed by atoms with Gasteiger partial charge in [-0.1, -0.05) is 0 Å². The zero-order valence-electron chi connectivity index (χ0n) is 18.2. The van der Waals surface area contributed by atoms with Crippen LogP contribution in [0.15, 0.2) is 53.4 Å². The number of fused-ring (bicyclic) bond motifs is 1. The third-order valence-electron chi connectivity index (χ3n) is 5.05. The van der Waals surface area contributed by atoms with Crippen LogP contribution < -0.4 is 14.2 Å². The lowest BCUT2D eigenvalue weighted by molar-refractivity contribution is 0.305. The Morgan fingerprint density at radius 3 is 2.48 bits per heavy atom. The highest BCUT2D eigenvalue weighted by atomic mass is 32.2. The van der Waals surface area contributed by atoms with Gasteiger partial charge in [0.1, 0.15) is 23.1 Å². The Kier molecular flexibility index (Phi) is 6.25. The normalized spacial score (nSPS) is 11.6. The van der Waals surface area contributed by atoms with Crippen molar-refractivity contribution in [3.05, 3.63) is 65.5 Å². The Morgan fingerprint density at radius 1 is 1.03 bits per heavy atom. The number of nitrogens with zero attached hydrogens (tertiary/aromatic N) is 4. The van der Waals surface area contributed by atoms with E-state index in [1.165, 1.54) is 23.8 Å². The molecule has 0 spiro atoms. The first-order valence-electron chi connectivity index (χ1n) is 10.0. The van der Waals surface area contributed by atoms with Crippen molar-refractivity contribution in [2.45, 2.75) is 18.7 Å². The molecule has 0 atom stereocenters. The molecule has 1 N–H and O–H groups in total. The minimum absolute atomic E-state index is 0.0190. The maximum absolute atomic E-state index is 13.2. The molecule has 0 aliphatic heterocycles. The number of halogens is 1. The van der Waals surface area contributed by atoms with E-state index in [9.17, 15) is 12.8 Å². The Hall–Kier alpha value is -3.57. The van der Waals surface area contributed by atoms with Crippen LogP contribution in [0.1, 0.15) is 11.1 Å². The van der Waals surface area contributed by atoms with Crippen LogP contribution in [-0.4, -0.2) is 48.5 Å². The molecule has 0 amide bonds. The summed E-state index contributed by atoms with van der Waals surface area (Å²) in [4.78, 5) is 0.0704. The SMILES string of the molecule is COc1cc(C)c(C)cc1S(=O)(=O)NCCOc1ccc2nnc(-c3ccc(F)cc3)n2n1. The Balaban J connectivity index is 1.45. The summed E-state index contributed by atoms with van der Waals surface area (Å²) in [5.41, 5.74) is 2.91. The van der Waals surface area contributed by atoms with Gasteiger partial charge in [-0.05, 0) is 67.4 Å². The largest absolute Gasteiger partial charge is 0.495 e. The lowest BCUT2D eigenvalue weighted by Gasteiger charge is -2.13. The highest BCUT2D eigenvalue weighted by Crippen LogP contribution is 2.27. The summed E-state index contributed by atoms with van der Waals surface area (Å²) in [5, 5.41) is 12.5. The van der Waals surface area contributed by atoms with Crippen LogP contribution in [0.25, 0.3) is 17.0 Å². The number of aryl methyl sites for hydroxylation is 2. The number of aromatic nitrogens is 4. The van der Waals surface area contributed by atoms with Gasteiger partial charge in [0.25, 0.3) is 0 Å². The second-order valence-corrected chi connectivity index (χ2v) is 9.04. The molecular formula is C22H22FN5O4S.